The average Bonchev–Trinajstić information content (AvgIpc) is 2.38. The first-order chi connectivity index (χ1) is 9.70. The standard InChI is InChI=1S/C17H19ClO2S/c1-17(2,3)14-10-8-13(9-11-14)12-21(19,20)16-7-5-4-6-15(16)18/h4-11H,12H2,1-3H3. The number of halogens is 1. The Bertz CT molecular complexity index is 726. The van der Waals surface area contributed by atoms with Crippen LogP contribution < -0.4 is 0 Å². The molecule has 0 aliphatic rings. The zero-order valence-electron chi connectivity index (χ0n) is 12.4. The van der Waals surface area contributed by atoms with E-state index in [0.29, 0.717) is 0 Å². The van der Waals surface area contributed by atoms with E-state index in [0.717, 1.165) is 5.56 Å². The number of hydrogen-bond acceptors (Lipinski definition) is 2. The molecule has 2 aromatic carbocycles. The fourth-order valence-corrected chi connectivity index (χ4v) is 4.02. The molecule has 0 spiro atoms. The van der Waals surface area contributed by atoms with Crippen LogP contribution in [-0.4, -0.2) is 8.42 Å². The van der Waals surface area contributed by atoms with Gasteiger partial charge in [0.15, 0.2) is 9.84 Å². The lowest BCUT2D eigenvalue weighted by Gasteiger charge is -2.19. The van der Waals surface area contributed by atoms with E-state index in [1.807, 2.05) is 24.3 Å². The lowest BCUT2D eigenvalue weighted by Crippen LogP contribution is -2.11. The van der Waals surface area contributed by atoms with Crippen molar-refractivity contribution in [3.05, 3.63) is 64.7 Å². The molecule has 21 heavy (non-hydrogen) atoms. The molecule has 0 amide bonds. The number of sulfone groups is 1. The molecule has 112 valence electrons. The average molecular weight is 323 g/mol. The second kappa shape index (κ2) is 5.82. The molecule has 2 nitrogen and oxygen atoms in total. The third-order valence-corrected chi connectivity index (χ3v) is 5.53. The van der Waals surface area contributed by atoms with E-state index in [9.17, 15) is 8.42 Å². The summed E-state index contributed by atoms with van der Waals surface area (Å²) in [6, 6.07) is 14.2. The molecule has 0 aliphatic carbocycles. The highest BCUT2D eigenvalue weighted by Crippen LogP contribution is 2.26. The maximum absolute atomic E-state index is 12.4. The number of benzene rings is 2. The molecule has 0 saturated heterocycles. The van der Waals surface area contributed by atoms with Gasteiger partial charge in [0.05, 0.1) is 15.7 Å². The highest BCUT2D eigenvalue weighted by Gasteiger charge is 2.19. The predicted octanol–water partition coefficient (Wildman–Crippen LogP) is 4.61. The molecular weight excluding hydrogens is 304 g/mol. The quantitative estimate of drug-likeness (QED) is 0.826. The number of hydrogen-bond donors (Lipinski definition) is 0. The van der Waals surface area contributed by atoms with Crippen molar-refractivity contribution in [2.24, 2.45) is 0 Å². The predicted molar refractivity (Wildman–Crippen MR) is 87.5 cm³/mol. The van der Waals surface area contributed by atoms with Gasteiger partial charge in [-0.05, 0) is 28.7 Å². The normalized spacial score (nSPS) is 12.4. The largest absolute Gasteiger partial charge is 0.223 e. The lowest BCUT2D eigenvalue weighted by atomic mass is 9.87. The van der Waals surface area contributed by atoms with E-state index in [1.54, 1.807) is 24.3 Å². The van der Waals surface area contributed by atoms with Crippen molar-refractivity contribution in [3.63, 3.8) is 0 Å². The fraction of sp³-hybridized carbons (Fsp3) is 0.294. The molecule has 0 aliphatic heterocycles. The minimum Gasteiger partial charge on any atom is -0.223 e. The summed E-state index contributed by atoms with van der Waals surface area (Å²) in [6.07, 6.45) is 0. The minimum absolute atomic E-state index is 0.0405. The summed E-state index contributed by atoms with van der Waals surface area (Å²) in [5.74, 6) is -0.0405. The Kier molecular flexibility index (Phi) is 4.45. The summed E-state index contributed by atoms with van der Waals surface area (Å²) in [7, 11) is -3.42. The minimum atomic E-state index is -3.42. The van der Waals surface area contributed by atoms with Gasteiger partial charge in [0.2, 0.25) is 0 Å². The fourth-order valence-electron chi connectivity index (χ4n) is 2.10. The van der Waals surface area contributed by atoms with Crippen LogP contribution in [0, 0.1) is 0 Å². The van der Waals surface area contributed by atoms with Crippen molar-refractivity contribution in [3.8, 4) is 0 Å². The summed E-state index contributed by atoms with van der Waals surface area (Å²) in [5.41, 5.74) is 2.00. The number of rotatable bonds is 3. The van der Waals surface area contributed by atoms with Crippen molar-refractivity contribution in [2.75, 3.05) is 0 Å². The Morgan fingerprint density at radius 3 is 2.05 bits per heavy atom. The first-order valence-electron chi connectivity index (χ1n) is 6.77. The molecule has 0 atom stereocenters. The Hall–Kier alpha value is -1.32. The highest BCUT2D eigenvalue weighted by molar-refractivity contribution is 7.90. The first kappa shape index (κ1) is 16.1. The van der Waals surface area contributed by atoms with E-state index in [2.05, 4.69) is 20.8 Å². The second-order valence-electron chi connectivity index (χ2n) is 6.14. The molecule has 0 radical (unpaired) electrons. The van der Waals surface area contributed by atoms with Gasteiger partial charge in [0.25, 0.3) is 0 Å². The van der Waals surface area contributed by atoms with Crippen molar-refractivity contribution >= 4 is 21.4 Å². The van der Waals surface area contributed by atoms with Crippen molar-refractivity contribution in [2.45, 2.75) is 36.8 Å². The van der Waals surface area contributed by atoms with Crippen LogP contribution in [0.1, 0.15) is 31.9 Å². The van der Waals surface area contributed by atoms with Crippen LogP contribution in [0.5, 0.6) is 0 Å². The maximum Gasteiger partial charge on any atom is 0.183 e. The van der Waals surface area contributed by atoms with Gasteiger partial charge in [-0.3, -0.25) is 0 Å². The maximum atomic E-state index is 12.4. The van der Waals surface area contributed by atoms with Crippen LogP contribution in [-0.2, 0) is 21.0 Å². The molecular formula is C17H19ClO2S. The van der Waals surface area contributed by atoms with Crippen LogP contribution in [0.25, 0.3) is 0 Å². The third kappa shape index (κ3) is 3.86. The molecule has 0 heterocycles. The summed E-state index contributed by atoms with van der Waals surface area (Å²) in [4.78, 5) is 0.187. The monoisotopic (exact) mass is 322 g/mol. The van der Waals surface area contributed by atoms with Gasteiger partial charge in [0.1, 0.15) is 0 Å². The third-order valence-electron chi connectivity index (χ3n) is 3.35. The molecule has 4 heteroatoms. The molecule has 0 aromatic heterocycles. The Balaban J connectivity index is 2.28. The molecule has 2 rings (SSSR count). The van der Waals surface area contributed by atoms with Crippen LogP contribution in [0.4, 0.5) is 0 Å². The van der Waals surface area contributed by atoms with Gasteiger partial charge in [-0.1, -0.05) is 68.8 Å². The molecule has 0 fully saturated rings. The van der Waals surface area contributed by atoms with Gasteiger partial charge < -0.3 is 0 Å². The Morgan fingerprint density at radius 1 is 0.952 bits per heavy atom. The molecule has 0 saturated carbocycles. The molecule has 0 bridgehead atoms. The van der Waals surface area contributed by atoms with Crippen LogP contribution in [0.2, 0.25) is 5.02 Å². The SMILES string of the molecule is CC(C)(C)c1ccc(CS(=O)(=O)c2ccccc2Cl)cc1. The van der Waals surface area contributed by atoms with Crippen molar-refractivity contribution < 1.29 is 8.42 Å². The van der Waals surface area contributed by atoms with Gasteiger partial charge >= 0.3 is 0 Å². The van der Waals surface area contributed by atoms with Gasteiger partial charge in [-0.2, -0.15) is 0 Å². The van der Waals surface area contributed by atoms with E-state index in [4.69, 9.17) is 11.6 Å². The lowest BCUT2D eigenvalue weighted by molar-refractivity contribution is 0.589. The summed E-state index contributed by atoms with van der Waals surface area (Å²) in [5, 5.41) is 0.267. The Morgan fingerprint density at radius 2 is 1.52 bits per heavy atom. The van der Waals surface area contributed by atoms with E-state index < -0.39 is 9.84 Å². The summed E-state index contributed by atoms with van der Waals surface area (Å²) in [6.45, 7) is 6.38. The van der Waals surface area contributed by atoms with Crippen LogP contribution >= 0.6 is 11.6 Å². The smallest absolute Gasteiger partial charge is 0.183 e. The van der Waals surface area contributed by atoms with Gasteiger partial charge in [-0.15, -0.1) is 0 Å². The Labute approximate surface area is 131 Å². The topological polar surface area (TPSA) is 34.1 Å². The van der Waals surface area contributed by atoms with E-state index in [-0.39, 0.29) is 21.1 Å². The zero-order chi connectivity index (χ0) is 15.7. The van der Waals surface area contributed by atoms with E-state index in [1.165, 1.54) is 5.56 Å². The second-order valence-corrected chi connectivity index (χ2v) is 8.50. The van der Waals surface area contributed by atoms with Crippen LogP contribution in [0.15, 0.2) is 53.4 Å². The first-order valence-corrected chi connectivity index (χ1v) is 8.80. The van der Waals surface area contributed by atoms with Crippen LogP contribution in [0.3, 0.4) is 0 Å². The summed E-state index contributed by atoms with van der Waals surface area (Å²) < 4.78 is 24.8. The van der Waals surface area contributed by atoms with E-state index >= 15 is 0 Å². The zero-order valence-corrected chi connectivity index (χ0v) is 14.0. The van der Waals surface area contributed by atoms with Gasteiger partial charge in [0, 0.05) is 0 Å². The summed E-state index contributed by atoms with van der Waals surface area (Å²) >= 11 is 5.98. The molecule has 2 aromatic rings. The molecule has 0 unspecified atom stereocenters. The van der Waals surface area contributed by atoms with Crippen molar-refractivity contribution in [1.82, 2.24) is 0 Å². The highest BCUT2D eigenvalue weighted by atomic mass is 35.5. The van der Waals surface area contributed by atoms with Gasteiger partial charge in [-0.25, -0.2) is 8.42 Å². The molecule has 0 N–H and O–H groups in total. The van der Waals surface area contributed by atoms with Crippen molar-refractivity contribution in [1.29, 1.82) is 0 Å².